The van der Waals surface area contributed by atoms with Crippen LogP contribution in [0.1, 0.15) is 24.2 Å². The first-order chi connectivity index (χ1) is 17.6. The van der Waals surface area contributed by atoms with E-state index in [1.54, 1.807) is 0 Å². The van der Waals surface area contributed by atoms with Gasteiger partial charge in [0.25, 0.3) is 15.6 Å². The van der Waals surface area contributed by atoms with Gasteiger partial charge in [0.05, 0.1) is 0 Å². The molecule has 12 heteroatoms. The molecule has 0 bridgehead atoms. The molecule has 0 aliphatic carbocycles. The molecular formula is C25H21Cl3N2O6S. The number of esters is 2. The van der Waals surface area contributed by atoms with Crippen molar-refractivity contribution in [2.45, 2.75) is 28.2 Å². The molecule has 1 saturated heterocycles. The Morgan fingerprint density at radius 3 is 2.14 bits per heavy atom. The minimum Gasteiger partial charge on any atom is -0.461 e. The maximum atomic E-state index is 13.7. The van der Waals surface area contributed by atoms with Gasteiger partial charge in [0.1, 0.15) is 23.7 Å². The Balaban J connectivity index is 1.65. The zero-order valence-corrected chi connectivity index (χ0v) is 22.4. The molecule has 1 fully saturated rings. The van der Waals surface area contributed by atoms with Crippen molar-refractivity contribution in [1.29, 1.82) is 0 Å². The standard InChI is InChI=1S/C25H21Cl3N2O6S/c1-14(31)35-12-17-13-37-22-18(29-24(34)25(26,27)28)21(32)30(22)19(17)23(33)36-20(15-8-4-2-5-9-15)16-10-6-3-7-11-16/h2-11,18,20,22H,12-13H2,1H3,(H,29,34)/t18?,22-/m1/s1. The van der Waals surface area contributed by atoms with Crippen LogP contribution in [0, 0.1) is 0 Å². The van der Waals surface area contributed by atoms with E-state index in [2.05, 4.69) is 5.32 Å². The Kier molecular flexibility index (Phi) is 8.38. The lowest BCUT2D eigenvalue weighted by molar-refractivity contribution is -0.155. The number of fused-ring (bicyclic) bond motifs is 1. The molecule has 2 aliphatic heterocycles. The number of ether oxygens (including phenoxy) is 2. The molecule has 1 unspecified atom stereocenters. The molecule has 0 saturated carbocycles. The number of benzene rings is 2. The van der Waals surface area contributed by atoms with Crippen LogP contribution in [-0.4, -0.2) is 56.2 Å². The molecule has 0 radical (unpaired) electrons. The maximum absolute atomic E-state index is 13.7. The number of thioether (sulfide) groups is 1. The molecule has 194 valence electrons. The summed E-state index contributed by atoms with van der Waals surface area (Å²) in [5.74, 6) is -2.61. The van der Waals surface area contributed by atoms with Gasteiger partial charge in [-0.2, -0.15) is 0 Å². The van der Waals surface area contributed by atoms with Crippen molar-refractivity contribution in [3.05, 3.63) is 83.1 Å². The molecule has 4 rings (SSSR count). The van der Waals surface area contributed by atoms with Crippen molar-refractivity contribution in [1.82, 2.24) is 10.2 Å². The van der Waals surface area contributed by atoms with E-state index in [9.17, 15) is 19.2 Å². The lowest BCUT2D eigenvalue weighted by Gasteiger charge is -2.50. The summed E-state index contributed by atoms with van der Waals surface area (Å²) in [5, 5.41) is 1.78. The first kappa shape index (κ1) is 27.3. The normalized spacial score (nSPS) is 19.2. The average Bonchev–Trinajstić information content (AvgIpc) is 2.88. The molecule has 2 heterocycles. The Labute approximate surface area is 232 Å². The zero-order chi connectivity index (χ0) is 26.7. The van der Waals surface area contributed by atoms with Gasteiger partial charge in [-0.3, -0.25) is 19.3 Å². The van der Waals surface area contributed by atoms with Crippen LogP contribution < -0.4 is 5.32 Å². The second-order valence-corrected chi connectivity index (χ2v) is 11.6. The van der Waals surface area contributed by atoms with Crippen LogP contribution in [0.15, 0.2) is 71.9 Å². The minimum atomic E-state index is -2.25. The highest BCUT2D eigenvalue weighted by molar-refractivity contribution is 8.00. The first-order valence-corrected chi connectivity index (χ1v) is 13.2. The van der Waals surface area contributed by atoms with Crippen LogP contribution in [0.3, 0.4) is 0 Å². The highest BCUT2D eigenvalue weighted by atomic mass is 35.6. The van der Waals surface area contributed by atoms with Gasteiger partial charge in [-0.15, -0.1) is 11.8 Å². The second kappa shape index (κ2) is 11.3. The summed E-state index contributed by atoms with van der Waals surface area (Å²) in [6.07, 6.45) is -0.762. The number of carbonyl (C=O) groups is 4. The van der Waals surface area contributed by atoms with Crippen molar-refractivity contribution in [3.63, 3.8) is 0 Å². The molecule has 8 nitrogen and oxygen atoms in total. The number of nitrogens with zero attached hydrogens (tertiary/aromatic N) is 1. The van der Waals surface area contributed by atoms with Crippen LogP contribution >= 0.6 is 46.6 Å². The number of amides is 2. The lowest BCUT2D eigenvalue weighted by Crippen LogP contribution is -2.71. The van der Waals surface area contributed by atoms with Crippen LogP contribution in [0.25, 0.3) is 0 Å². The number of nitrogens with one attached hydrogen (secondary N) is 1. The molecule has 0 aromatic heterocycles. The van der Waals surface area contributed by atoms with Gasteiger partial charge >= 0.3 is 11.9 Å². The molecule has 2 aliphatic rings. The van der Waals surface area contributed by atoms with E-state index in [4.69, 9.17) is 44.3 Å². The molecule has 0 spiro atoms. The lowest BCUT2D eigenvalue weighted by atomic mass is 10.0. The fourth-order valence-corrected chi connectivity index (χ4v) is 5.43. The topological polar surface area (TPSA) is 102 Å². The van der Waals surface area contributed by atoms with Gasteiger partial charge in [-0.05, 0) is 11.1 Å². The summed E-state index contributed by atoms with van der Waals surface area (Å²) >= 11 is 18.2. The Hall–Kier alpha value is -2.72. The minimum absolute atomic E-state index is 0.0359. The summed E-state index contributed by atoms with van der Waals surface area (Å²) in [4.78, 5) is 51.6. The van der Waals surface area contributed by atoms with Gasteiger partial charge < -0.3 is 14.8 Å². The molecule has 2 aromatic rings. The van der Waals surface area contributed by atoms with Crippen LogP contribution in [0.2, 0.25) is 0 Å². The van der Waals surface area contributed by atoms with Crippen molar-refractivity contribution in [2.75, 3.05) is 12.4 Å². The van der Waals surface area contributed by atoms with Crippen LogP contribution in [0.4, 0.5) is 0 Å². The van der Waals surface area contributed by atoms with Crippen molar-refractivity contribution < 1.29 is 28.7 Å². The summed E-state index contributed by atoms with van der Waals surface area (Å²) < 4.78 is 8.86. The Morgan fingerprint density at radius 1 is 1.05 bits per heavy atom. The van der Waals surface area contributed by atoms with Crippen LogP contribution in [0.5, 0.6) is 0 Å². The number of hydrogen-bond donors (Lipinski definition) is 1. The molecule has 2 amide bonds. The van der Waals surface area contributed by atoms with Gasteiger partial charge in [0, 0.05) is 18.2 Å². The zero-order valence-electron chi connectivity index (χ0n) is 19.4. The van der Waals surface area contributed by atoms with Gasteiger partial charge in [-0.25, -0.2) is 4.79 Å². The number of β-lactam (4-membered cyclic amide) rings is 1. The predicted molar refractivity (Wildman–Crippen MR) is 140 cm³/mol. The third kappa shape index (κ3) is 6.06. The van der Waals surface area contributed by atoms with E-state index in [-0.39, 0.29) is 18.1 Å². The highest BCUT2D eigenvalue weighted by Crippen LogP contribution is 2.42. The van der Waals surface area contributed by atoms with E-state index in [0.717, 1.165) is 11.1 Å². The number of halogens is 3. The van der Waals surface area contributed by atoms with E-state index in [0.29, 0.717) is 5.57 Å². The maximum Gasteiger partial charge on any atom is 0.356 e. The number of alkyl halides is 3. The highest BCUT2D eigenvalue weighted by Gasteiger charge is 2.55. The molecule has 2 atom stereocenters. The molecule has 1 N–H and O–H groups in total. The fraction of sp³-hybridized carbons (Fsp3) is 0.280. The monoisotopic (exact) mass is 582 g/mol. The van der Waals surface area contributed by atoms with Crippen molar-refractivity contribution in [3.8, 4) is 0 Å². The van der Waals surface area contributed by atoms with Crippen LogP contribution in [-0.2, 0) is 28.7 Å². The Morgan fingerprint density at radius 2 is 1.62 bits per heavy atom. The predicted octanol–water partition coefficient (Wildman–Crippen LogP) is 3.91. The van der Waals surface area contributed by atoms with Crippen molar-refractivity contribution >= 4 is 70.3 Å². The van der Waals surface area contributed by atoms with E-state index >= 15 is 0 Å². The SMILES string of the molecule is CC(=O)OCC1=C(C(=O)OC(c2ccccc2)c2ccccc2)N2C(=O)C(NC(=O)C(Cl)(Cl)Cl)[C@H]2SC1. The fourth-order valence-electron chi connectivity index (χ4n) is 3.94. The van der Waals surface area contributed by atoms with Gasteiger partial charge in [-0.1, -0.05) is 95.5 Å². The first-order valence-electron chi connectivity index (χ1n) is 11.1. The second-order valence-electron chi connectivity index (χ2n) is 8.20. The number of hydrogen-bond acceptors (Lipinski definition) is 7. The van der Waals surface area contributed by atoms with E-state index in [1.165, 1.54) is 23.6 Å². The molecular weight excluding hydrogens is 563 g/mol. The third-order valence-corrected chi connectivity index (χ3v) is 7.52. The quantitative estimate of drug-likeness (QED) is 0.300. The van der Waals surface area contributed by atoms with E-state index in [1.807, 2.05) is 60.7 Å². The average molecular weight is 584 g/mol. The number of carbonyl (C=O) groups excluding carboxylic acids is 4. The summed E-state index contributed by atoms with van der Waals surface area (Å²) in [6, 6.07) is 17.3. The smallest absolute Gasteiger partial charge is 0.356 e. The summed E-state index contributed by atoms with van der Waals surface area (Å²) in [7, 11) is 0. The largest absolute Gasteiger partial charge is 0.461 e. The molecule has 2 aromatic carbocycles. The Bertz CT molecular complexity index is 1200. The van der Waals surface area contributed by atoms with Crippen molar-refractivity contribution in [2.24, 2.45) is 0 Å². The number of rotatable bonds is 7. The third-order valence-electron chi connectivity index (χ3n) is 5.66. The molecule has 37 heavy (non-hydrogen) atoms. The summed E-state index contributed by atoms with van der Waals surface area (Å²) in [6.45, 7) is 1.05. The van der Waals surface area contributed by atoms with E-state index < -0.39 is 45.1 Å². The van der Waals surface area contributed by atoms with Gasteiger partial charge in [0.15, 0.2) is 6.10 Å². The van der Waals surface area contributed by atoms with Gasteiger partial charge in [0.2, 0.25) is 0 Å². The summed E-state index contributed by atoms with van der Waals surface area (Å²) in [5.41, 5.74) is 1.83.